The van der Waals surface area contributed by atoms with Crippen molar-refractivity contribution in [1.29, 1.82) is 0 Å². The van der Waals surface area contributed by atoms with Crippen molar-refractivity contribution in [1.82, 2.24) is 5.09 Å². The molecule has 47 heavy (non-hydrogen) atoms. The molecular weight excluding hydrogens is 605 g/mol. The first-order chi connectivity index (χ1) is 22.0. The Bertz CT molecular complexity index is 1410. The molecule has 0 heterocycles. The number of methoxy groups -OCH3 is 1. The lowest BCUT2D eigenvalue weighted by molar-refractivity contribution is -0.142. The number of benzene rings is 1. The van der Waals surface area contributed by atoms with Gasteiger partial charge in [-0.05, 0) is 137 Å². The minimum atomic E-state index is -3.94. The number of hydrogen-bond acceptors (Lipinski definition) is 5. The molecule has 0 saturated heterocycles. The summed E-state index contributed by atoms with van der Waals surface area (Å²) in [6.45, 7) is 21.0. The smallest absolute Gasteiger partial charge is 0.459 e. The zero-order valence-corrected chi connectivity index (χ0v) is 31.8. The minimum absolute atomic E-state index is 0.0887. The van der Waals surface area contributed by atoms with Crippen molar-refractivity contribution in [2.24, 2.45) is 39.4 Å². The number of fused-ring (bicyclic) bond motifs is 4. The Balaban J connectivity index is 1.39. The summed E-state index contributed by atoms with van der Waals surface area (Å²) in [5, 5.41) is 2.89. The molecule has 2 fully saturated rings. The molecule has 4 aliphatic carbocycles. The highest BCUT2D eigenvalue weighted by Crippen LogP contribution is 2.73. The van der Waals surface area contributed by atoms with Crippen LogP contribution in [0.1, 0.15) is 127 Å². The summed E-state index contributed by atoms with van der Waals surface area (Å²) < 4.78 is 32.0. The van der Waals surface area contributed by atoms with E-state index in [2.05, 4.69) is 66.6 Å². The molecule has 4 aliphatic rings. The van der Waals surface area contributed by atoms with Gasteiger partial charge in [0.05, 0.1) is 13.2 Å². The number of ether oxygens (including phenoxy) is 1. The highest BCUT2D eigenvalue weighted by molar-refractivity contribution is 7.52. The minimum Gasteiger partial charge on any atom is -0.468 e. The van der Waals surface area contributed by atoms with Crippen LogP contribution >= 0.6 is 7.75 Å². The van der Waals surface area contributed by atoms with Crippen molar-refractivity contribution < 1.29 is 23.1 Å². The molecule has 5 rings (SSSR count). The quantitative estimate of drug-likeness (QED) is 0.144. The van der Waals surface area contributed by atoms with Gasteiger partial charge >= 0.3 is 13.7 Å². The van der Waals surface area contributed by atoms with Crippen LogP contribution in [0, 0.1) is 39.4 Å². The molecule has 1 N–H and O–H groups in total. The Morgan fingerprint density at radius 2 is 1.68 bits per heavy atom. The van der Waals surface area contributed by atoms with Gasteiger partial charge in [-0.15, -0.1) is 0 Å². The van der Waals surface area contributed by atoms with Gasteiger partial charge in [-0.3, -0.25) is 9.32 Å². The zero-order chi connectivity index (χ0) is 34.4. The molecule has 262 valence electrons. The fourth-order valence-electron chi connectivity index (χ4n) is 11.0. The van der Waals surface area contributed by atoms with Crippen molar-refractivity contribution in [3.05, 3.63) is 53.1 Å². The van der Waals surface area contributed by atoms with Gasteiger partial charge in [-0.25, -0.2) is 4.57 Å². The van der Waals surface area contributed by atoms with Gasteiger partial charge in [0, 0.05) is 0 Å². The SMILES string of the molecule is COC(=O)[C@H](C)NP(=O)(Oc1ccccc1)O[C@H]1CC[C@]2(C)C3=C(CCC2C1(C)C)[C@]1(C)CC[C@H]([C@H](C)CCC=C(C)C)[C@@]1(C)CC3. The Kier molecular flexibility index (Phi) is 10.4. The van der Waals surface area contributed by atoms with Gasteiger partial charge in [0.25, 0.3) is 0 Å². The van der Waals surface area contributed by atoms with Crippen LogP contribution in [0.4, 0.5) is 0 Å². The summed E-state index contributed by atoms with van der Waals surface area (Å²) in [5.41, 5.74) is 5.39. The van der Waals surface area contributed by atoms with Crippen molar-refractivity contribution in [3.8, 4) is 5.75 Å². The van der Waals surface area contributed by atoms with Gasteiger partial charge in [-0.1, -0.05) is 82.5 Å². The Morgan fingerprint density at radius 3 is 2.34 bits per heavy atom. The summed E-state index contributed by atoms with van der Waals surface area (Å²) in [6.07, 6.45) is 13.8. The van der Waals surface area contributed by atoms with Crippen molar-refractivity contribution >= 4 is 13.7 Å². The standard InChI is InChI=1S/C40H62NO5P/c1-27(2)15-14-16-28(3)31-21-25-40(9)33-19-20-34-37(5,6)35(23-24-38(34,7)32(33)22-26-39(31,40)8)46-47(43,41-29(4)36(42)44-10)45-30-17-12-11-13-18-30/h11-13,15,17-18,28-29,31,34-35H,14,16,19-26H2,1-10H3,(H,41,43)/t28-,29+,31-,34?,35+,38-,39-,40+,47?/m1/s1. The Labute approximate surface area is 285 Å². The molecular formula is C40H62NO5P. The molecule has 0 amide bonds. The first-order valence-electron chi connectivity index (χ1n) is 18.3. The molecule has 1 aromatic rings. The molecule has 7 heteroatoms. The van der Waals surface area contributed by atoms with Crippen LogP contribution in [0.25, 0.3) is 0 Å². The predicted molar refractivity (Wildman–Crippen MR) is 191 cm³/mol. The van der Waals surface area contributed by atoms with Crippen LogP contribution in [0.5, 0.6) is 5.75 Å². The van der Waals surface area contributed by atoms with E-state index in [1.165, 1.54) is 51.2 Å². The number of allylic oxidation sites excluding steroid dienone is 4. The van der Waals surface area contributed by atoms with Crippen LogP contribution in [-0.4, -0.2) is 25.2 Å². The normalized spacial score (nSPS) is 35.4. The number of carbonyl (C=O) groups is 1. The molecule has 0 aromatic heterocycles. The summed E-state index contributed by atoms with van der Waals surface area (Å²) in [5.74, 6) is 1.83. The average molecular weight is 668 g/mol. The number of carbonyl (C=O) groups excluding carboxylic acids is 1. The summed E-state index contributed by atoms with van der Waals surface area (Å²) >= 11 is 0. The number of hydrogen-bond donors (Lipinski definition) is 1. The molecule has 2 saturated carbocycles. The summed E-state index contributed by atoms with van der Waals surface area (Å²) in [6, 6.07) is 8.21. The fraction of sp³-hybridized carbons (Fsp3) is 0.725. The largest absolute Gasteiger partial charge is 0.468 e. The number of esters is 1. The molecule has 0 radical (unpaired) electrons. The van der Waals surface area contributed by atoms with Crippen LogP contribution in [-0.2, 0) is 18.6 Å². The Hall–Kier alpha value is -1.88. The lowest BCUT2D eigenvalue weighted by Crippen LogP contribution is -2.55. The van der Waals surface area contributed by atoms with Gasteiger partial charge in [0.15, 0.2) is 0 Å². The fourth-order valence-corrected chi connectivity index (χ4v) is 12.8. The maximum atomic E-state index is 14.4. The van der Waals surface area contributed by atoms with E-state index in [-0.39, 0.29) is 22.3 Å². The summed E-state index contributed by atoms with van der Waals surface area (Å²) in [4.78, 5) is 12.4. The first kappa shape index (κ1) is 36.4. The third kappa shape index (κ3) is 6.57. The molecule has 0 aliphatic heterocycles. The van der Waals surface area contributed by atoms with E-state index in [0.717, 1.165) is 37.5 Å². The van der Waals surface area contributed by atoms with Crippen LogP contribution in [0.15, 0.2) is 53.1 Å². The molecule has 0 bridgehead atoms. The van der Waals surface area contributed by atoms with Crippen LogP contribution in [0.3, 0.4) is 0 Å². The maximum absolute atomic E-state index is 14.4. The van der Waals surface area contributed by atoms with Crippen molar-refractivity contribution in [2.75, 3.05) is 7.11 Å². The monoisotopic (exact) mass is 667 g/mol. The maximum Gasteiger partial charge on any atom is 0.459 e. The summed E-state index contributed by atoms with van der Waals surface area (Å²) in [7, 11) is -2.62. The lowest BCUT2D eigenvalue weighted by Gasteiger charge is -2.62. The molecule has 2 unspecified atom stereocenters. The third-order valence-electron chi connectivity index (χ3n) is 13.8. The van der Waals surface area contributed by atoms with Crippen molar-refractivity contribution in [3.63, 3.8) is 0 Å². The topological polar surface area (TPSA) is 73.9 Å². The zero-order valence-electron chi connectivity index (χ0n) is 30.9. The lowest BCUT2D eigenvalue weighted by atomic mass is 9.43. The van der Waals surface area contributed by atoms with E-state index in [9.17, 15) is 9.36 Å². The first-order valence-corrected chi connectivity index (χ1v) is 19.8. The molecule has 6 nitrogen and oxygen atoms in total. The highest BCUT2D eigenvalue weighted by Gasteiger charge is 2.64. The van der Waals surface area contributed by atoms with Crippen LogP contribution in [0.2, 0.25) is 0 Å². The predicted octanol–water partition coefficient (Wildman–Crippen LogP) is 10.8. The van der Waals surface area contributed by atoms with Gasteiger partial charge < -0.3 is 9.26 Å². The van der Waals surface area contributed by atoms with E-state index in [1.807, 2.05) is 18.2 Å². The molecule has 9 atom stereocenters. The van der Waals surface area contributed by atoms with Gasteiger partial charge in [0.2, 0.25) is 0 Å². The van der Waals surface area contributed by atoms with Crippen molar-refractivity contribution in [2.45, 2.75) is 139 Å². The van der Waals surface area contributed by atoms with E-state index in [1.54, 1.807) is 30.2 Å². The highest BCUT2D eigenvalue weighted by atomic mass is 31.2. The van der Waals surface area contributed by atoms with E-state index < -0.39 is 19.8 Å². The average Bonchev–Trinajstić information content (AvgIpc) is 3.29. The van der Waals surface area contributed by atoms with Gasteiger partial charge in [0.1, 0.15) is 11.8 Å². The van der Waals surface area contributed by atoms with E-state index >= 15 is 0 Å². The third-order valence-corrected chi connectivity index (χ3v) is 15.4. The molecule has 1 aromatic carbocycles. The second-order valence-electron chi connectivity index (χ2n) is 16.9. The van der Waals surface area contributed by atoms with E-state index in [0.29, 0.717) is 17.1 Å². The van der Waals surface area contributed by atoms with Crippen LogP contribution < -0.4 is 9.61 Å². The number of nitrogens with one attached hydrogen (secondary N) is 1. The number of rotatable bonds is 11. The Morgan fingerprint density at radius 1 is 0.979 bits per heavy atom. The van der Waals surface area contributed by atoms with E-state index in [4.69, 9.17) is 13.8 Å². The number of para-hydroxylation sites is 1. The second-order valence-corrected chi connectivity index (χ2v) is 18.6. The molecule has 0 spiro atoms. The van der Waals surface area contributed by atoms with Gasteiger partial charge in [-0.2, -0.15) is 5.09 Å². The second kappa shape index (κ2) is 13.4.